The van der Waals surface area contributed by atoms with E-state index in [1.54, 1.807) is 0 Å². The number of aromatic nitrogens is 3. The van der Waals surface area contributed by atoms with Crippen LogP contribution in [-0.4, -0.2) is 26.4 Å². The van der Waals surface area contributed by atoms with Crippen molar-refractivity contribution in [2.45, 2.75) is 26.4 Å². The van der Waals surface area contributed by atoms with Gasteiger partial charge in [-0.05, 0) is 19.1 Å². The van der Waals surface area contributed by atoms with E-state index in [2.05, 4.69) is 19.9 Å². The van der Waals surface area contributed by atoms with Gasteiger partial charge >= 0.3 is 0 Å². The van der Waals surface area contributed by atoms with E-state index >= 15 is 0 Å². The first-order valence-electron chi connectivity index (χ1n) is 6.64. The summed E-state index contributed by atoms with van der Waals surface area (Å²) in [6.07, 6.45) is 0.745. The quantitative estimate of drug-likeness (QED) is 0.835. The highest BCUT2D eigenvalue weighted by Gasteiger charge is 2.21. The molecule has 0 fully saturated rings. The highest BCUT2D eigenvalue weighted by Crippen LogP contribution is 2.16. The van der Waals surface area contributed by atoms with E-state index in [4.69, 9.17) is 5.73 Å². The highest BCUT2D eigenvalue weighted by atomic mass is 16.1. The number of rotatable bonds is 2. The fourth-order valence-electron chi connectivity index (χ4n) is 2.55. The Hall–Kier alpha value is -2.21. The van der Waals surface area contributed by atoms with E-state index in [1.807, 2.05) is 25.1 Å². The van der Waals surface area contributed by atoms with E-state index in [-0.39, 0.29) is 11.5 Å². The smallest absolute Gasteiger partial charge is 0.257 e. The summed E-state index contributed by atoms with van der Waals surface area (Å²) in [6.45, 7) is 4.17. The number of nitrogen functional groups attached to an aromatic ring is 1. The van der Waals surface area contributed by atoms with Crippen LogP contribution in [0.4, 0.5) is 5.95 Å². The molecule has 104 valence electrons. The zero-order valence-corrected chi connectivity index (χ0v) is 11.4. The molecule has 0 spiro atoms. The summed E-state index contributed by atoms with van der Waals surface area (Å²) >= 11 is 0. The molecule has 6 heteroatoms. The van der Waals surface area contributed by atoms with Crippen molar-refractivity contribution in [2.75, 3.05) is 12.3 Å². The van der Waals surface area contributed by atoms with Crippen LogP contribution < -0.4 is 11.3 Å². The van der Waals surface area contributed by atoms with Crippen molar-refractivity contribution in [3.05, 3.63) is 51.2 Å². The van der Waals surface area contributed by atoms with Gasteiger partial charge in [-0.2, -0.15) is 0 Å². The SMILES string of the molecule is Cc1cccc(CN2CCc3nc(N)[nH]c(=O)c3C2)n1. The zero-order chi connectivity index (χ0) is 14.1. The first-order valence-corrected chi connectivity index (χ1v) is 6.64. The maximum absolute atomic E-state index is 11.9. The van der Waals surface area contributed by atoms with E-state index in [0.717, 1.165) is 42.2 Å². The number of nitrogens with two attached hydrogens (primary N) is 1. The molecule has 3 heterocycles. The Bertz CT molecular complexity index is 694. The van der Waals surface area contributed by atoms with Crippen LogP contribution >= 0.6 is 0 Å². The molecule has 0 aromatic carbocycles. The van der Waals surface area contributed by atoms with E-state index in [9.17, 15) is 4.79 Å². The van der Waals surface area contributed by atoms with Gasteiger partial charge in [-0.1, -0.05) is 6.07 Å². The molecule has 1 aliphatic heterocycles. The van der Waals surface area contributed by atoms with Crippen molar-refractivity contribution in [3.63, 3.8) is 0 Å². The first kappa shape index (κ1) is 12.8. The molecule has 0 amide bonds. The maximum atomic E-state index is 11.9. The molecule has 2 aromatic rings. The van der Waals surface area contributed by atoms with E-state index in [1.165, 1.54) is 0 Å². The average molecular weight is 271 g/mol. The average Bonchev–Trinajstić information content (AvgIpc) is 2.39. The Kier molecular flexibility index (Phi) is 3.23. The molecule has 3 rings (SSSR count). The van der Waals surface area contributed by atoms with Crippen LogP contribution in [0.2, 0.25) is 0 Å². The van der Waals surface area contributed by atoms with Gasteiger partial charge in [0.2, 0.25) is 5.95 Å². The minimum absolute atomic E-state index is 0.130. The Morgan fingerprint density at radius 1 is 1.40 bits per heavy atom. The van der Waals surface area contributed by atoms with Gasteiger partial charge in [-0.15, -0.1) is 0 Å². The topological polar surface area (TPSA) is 87.9 Å². The second-order valence-electron chi connectivity index (χ2n) is 5.11. The minimum Gasteiger partial charge on any atom is -0.369 e. The summed E-state index contributed by atoms with van der Waals surface area (Å²) in [5.74, 6) is 0.197. The highest BCUT2D eigenvalue weighted by molar-refractivity contribution is 5.27. The number of nitrogens with zero attached hydrogens (tertiary/aromatic N) is 3. The standard InChI is InChI=1S/C14H17N5O/c1-9-3-2-4-10(16-9)7-19-6-5-12-11(8-19)13(20)18-14(15)17-12/h2-4H,5-8H2,1H3,(H3,15,17,18,20). The molecule has 0 saturated heterocycles. The predicted molar refractivity (Wildman–Crippen MR) is 76.1 cm³/mol. The predicted octanol–water partition coefficient (Wildman–Crippen LogP) is 0.614. The minimum atomic E-state index is -0.130. The van der Waals surface area contributed by atoms with E-state index in [0.29, 0.717) is 6.54 Å². The summed E-state index contributed by atoms with van der Waals surface area (Å²) in [7, 11) is 0. The normalized spacial score (nSPS) is 15.1. The third-order valence-electron chi connectivity index (χ3n) is 3.50. The number of anilines is 1. The monoisotopic (exact) mass is 271 g/mol. The first-order chi connectivity index (χ1) is 9.61. The van der Waals surface area contributed by atoms with E-state index < -0.39 is 0 Å². The lowest BCUT2D eigenvalue weighted by Crippen LogP contribution is -2.35. The summed E-state index contributed by atoms with van der Waals surface area (Å²) in [5.41, 5.74) is 9.00. The van der Waals surface area contributed by atoms with Gasteiger partial charge in [0.1, 0.15) is 0 Å². The van der Waals surface area contributed by atoms with Crippen molar-refractivity contribution in [1.29, 1.82) is 0 Å². The molecule has 6 nitrogen and oxygen atoms in total. The second-order valence-corrected chi connectivity index (χ2v) is 5.11. The number of aryl methyl sites for hydroxylation is 1. The van der Waals surface area contributed by atoms with Crippen LogP contribution in [0.15, 0.2) is 23.0 Å². The largest absolute Gasteiger partial charge is 0.369 e. The molecule has 3 N–H and O–H groups in total. The number of hydrogen-bond acceptors (Lipinski definition) is 5. The van der Waals surface area contributed by atoms with Crippen LogP contribution in [0, 0.1) is 6.92 Å². The number of H-pyrrole nitrogens is 1. The maximum Gasteiger partial charge on any atom is 0.257 e. The van der Waals surface area contributed by atoms with Crippen LogP contribution in [-0.2, 0) is 19.5 Å². The van der Waals surface area contributed by atoms with Gasteiger partial charge in [-0.3, -0.25) is 19.7 Å². The molecule has 1 aliphatic rings. The number of pyridine rings is 1. The summed E-state index contributed by atoms with van der Waals surface area (Å²) in [4.78, 5) is 25.4. The van der Waals surface area contributed by atoms with Crippen molar-refractivity contribution >= 4 is 5.95 Å². The van der Waals surface area contributed by atoms with Gasteiger partial charge in [0.15, 0.2) is 0 Å². The Labute approximate surface area is 116 Å². The third-order valence-corrected chi connectivity index (χ3v) is 3.50. The molecular formula is C14H17N5O. The zero-order valence-electron chi connectivity index (χ0n) is 11.4. The molecule has 0 atom stereocenters. The molecule has 0 bridgehead atoms. The lowest BCUT2D eigenvalue weighted by Gasteiger charge is -2.27. The lowest BCUT2D eigenvalue weighted by atomic mass is 10.1. The van der Waals surface area contributed by atoms with Crippen LogP contribution in [0.3, 0.4) is 0 Å². The summed E-state index contributed by atoms with van der Waals surface area (Å²) in [6, 6.07) is 5.99. The van der Waals surface area contributed by atoms with Gasteiger partial charge in [-0.25, -0.2) is 4.98 Å². The van der Waals surface area contributed by atoms with Crippen LogP contribution in [0.5, 0.6) is 0 Å². The molecule has 0 radical (unpaired) electrons. The van der Waals surface area contributed by atoms with Crippen LogP contribution in [0.1, 0.15) is 22.6 Å². The summed E-state index contributed by atoms with van der Waals surface area (Å²) < 4.78 is 0. The fourth-order valence-corrected chi connectivity index (χ4v) is 2.55. The number of nitrogens with one attached hydrogen (secondary N) is 1. The lowest BCUT2D eigenvalue weighted by molar-refractivity contribution is 0.239. The molecule has 0 saturated carbocycles. The third kappa shape index (κ3) is 2.55. The fraction of sp³-hybridized carbons (Fsp3) is 0.357. The Morgan fingerprint density at radius 3 is 3.05 bits per heavy atom. The molecule has 0 unspecified atom stereocenters. The van der Waals surface area contributed by atoms with Crippen LogP contribution in [0.25, 0.3) is 0 Å². The summed E-state index contributed by atoms with van der Waals surface area (Å²) in [5, 5.41) is 0. The Balaban J connectivity index is 1.81. The van der Waals surface area contributed by atoms with Gasteiger partial charge in [0.05, 0.1) is 17.0 Å². The van der Waals surface area contributed by atoms with Gasteiger partial charge in [0.25, 0.3) is 5.56 Å². The van der Waals surface area contributed by atoms with Crippen molar-refractivity contribution in [1.82, 2.24) is 19.9 Å². The molecule has 20 heavy (non-hydrogen) atoms. The van der Waals surface area contributed by atoms with Gasteiger partial charge in [0, 0.05) is 31.7 Å². The van der Waals surface area contributed by atoms with Gasteiger partial charge < -0.3 is 5.73 Å². The second kappa shape index (κ2) is 5.05. The van der Waals surface area contributed by atoms with Crippen molar-refractivity contribution < 1.29 is 0 Å². The number of hydrogen-bond donors (Lipinski definition) is 2. The number of fused-ring (bicyclic) bond motifs is 1. The molecular weight excluding hydrogens is 254 g/mol. The van der Waals surface area contributed by atoms with Crippen molar-refractivity contribution in [2.24, 2.45) is 0 Å². The Morgan fingerprint density at radius 2 is 2.25 bits per heavy atom. The molecule has 0 aliphatic carbocycles. The number of aromatic amines is 1. The molecule has 2 aromatic heterocycles. The van der Waals surface area contributed by atoms with Crippen molar-refractivity contribution in [3.8, 4) is 0 Å².